The molecule has 0 bridgehead atoms. The molecule has 2 saturated carbocycles. The van der Waals surface area contributed by atoms with E-state index in [2.05, 4.69) is 11.9 Å². The van der Waals surface area contributed by atoms with Crippen molar-refractivity contribution in [2.24, 2.45) is 5.92 Å². The number of ketones is 1. The Morgan fingerprint density at radius 3 is 2.42 bits per heavy atom. The Labute approximate surface area is 73.9 Å². The summed E-state index contributed by atoms with van der Waals surface area (Å²) in [5.41, 5.74) is 0. The fourth-order valence-electron chi connectivity index (χ4n) is 1.74. The van der Waals surface area contributed by atoms with E-state index in [9.17, 15) is 4.79 Å². The van der Waals surface area contributed by atoms with Gasteiger partial charge < -0.3 is 0 Å². The van der Waals surface area contributed by atoms with Gasteiger partial charge in [-0.05, 0) is 32.7 Å². The lowest BCUT2D eigenvalue weighted by Crippen LogP contribution is -2.40. The van der Waals surface area contributed by atoms with Crippen LogP contribution >= 0.6 is 0 Å². The average Bonchev–Trinajstić information content (AvgIpc) is 2.61. The van der Waals surface area contributed by atoms with E-state index in [-0.39, 0.29) is 0 Å². The van der Waals surface area contributed by atoms with Crippen molar-refractivity contribution in [3.63, 3.8) is 0 Å². The van der Waals surface area contributed by atoms with Gasteiger partial charge in [0.2, 0.25) is 0 Å². The molecule has 2 heteroatoms. The zero-order chi connectivity index (χ0) is 8.55. The molecule has 0 saturated heterocycles. The number of rotatable bonds is 4. The van der Waals surface area contributed by atoms with Crippen LogP contribution < -0.4 is 0 Å². The first-order valence-electron chi connectivity index (χ1n) is 5.00. The average molecular weight is 167 g/mol. The van der Waals surface area contributed by atoms with Crippen LogP contribution in [0.25, 0.3) is 0 Å². The summed E-state index contributed by atoms with van der Waals surface area (Å²) in [7, 11) is 2.09. The molecule has 0 atom stereocenters. The molecule has 2 nitrogen and oxygen atoms in total. The lowest BCUT2D eigenvalue weighted by atomic mass is 9.91. The van der Waals surface area contributed by atoms with E-state index in [0.29, 0.717) is 24.3 Å². The van der Waals surface area contributed by atoms with Crippen LogP contribution in [0.5, 0.6) is 0 Å². The standard InChI is InChI=1S/C10H17NO/c1-11(9-3-2-4-9)7-10(12)8-5-6-8/h8-9H,2-7H2,1H3. The molecule has 0 aromatic rings. The molecule has 0 radical (unpaired) electrons. The second-order valence-electron chi connectivity index (χ2n) is 4.24. The Hall–Kier alpha value is -0.370. The predicted octanol–water partition coefficient (Wildman–Crippen LogP) is 1.45. The second kappa shape index (κ2) is 3.17. The molecule has 0 amide bonds. The van der Waals surface area contributed by atoms with Crippen LogP contribution in [-0.4, -0.2) is 30.3 Å². The molecular formula is C10H17NO. The SMILES string of the molecule is CN(CC(=O)C1CC1)C1CCC1. The number of carbonyl (C=O) groups is 1. The van der Waals surface area contributed by atoms with Gasteiger partial charge in [0.1, 0.15) is 5.78 Å². The van der Waals surface area contributed by atoms with E-state index in [1.165, 1.54) is 19.3 Å². The maximum atomic E-state index is 11.4. The topological polar surface area (TPSA) is 20.3 Å². The van der Waals surface area contributed by atoms with E-state index < -0.39 is 0 Å². The molecule has 2 fully saturated rings. The number of Topliss-reactive ketones (excluding diaryl/α,β-unsaturated/α-hetero) is 1. The summed E-state index contributed by atoms with van der Waals surface area (Å²) >= 11 is 0. The Bertz CT molecular complexity index is 182. The van der Waals surface area contributed by atoms with Crippen molar-refractivity contribution in [2.75, 3.05) is 13.6 Å². The van der Waals surface area contributed by atoms with Gasteiger partial charge in [-0.3, -0.25) is 9.69 Å². The van der Waals surface area contributed by atoms with E-state index in [4.69, 9.17) is 0 Å². The summed E-state index contributed by atoms with van der Waals surface area (Å²) in [5.74, 6) is 0.914. The van der Waals surface area contributed by atoms with Gasteiger partial charge in [-0.25, -0.2) is 0 Å². The molecule has 2 aliphatic carbocycles. The second-order valence-corrected chi connectivity index (χ2v) is 4.24. The van der Waals surface area contributed by atoms with Crippen LogP contribution in [0.2, 0.25) is 0 Å². The Kier molecular flexibility index (Phi) is 2.18. The van der Waals surface area contributed by atoms with Crippen molar-refractivity contribution in [1.82, 2.24) is 4.90 Å². The van der Waals surface area contributed by atoms with E-state index in [0.717, 1.165) is 12.8 Å². The monoisotopic (exact) mass is 167 g/mol. The van der Waals surface area contributed by atoms with Gasteiger partial charge in [0.05, 0.1) is 6.54 Å². The van der Waals surface area contributed by atoms with Crippen LogP contribution in [0.1, 0.15) is 32.1 Å². The van der Waals surface area contributed by atoms with Gasteiger partial charge >= 0.3 is 0 Å². The quantitative estimate of drug-likeness (QED) is 0.631. The first-order valence-corrected chi connectivity index (χ1v) is 5.00. The van der Waals surface area contributed by atoms with Gasteiger partial charge in [-0.15, -0.1) is 0 Å². The number of carbonyl (C=O) groups excluding carboxylic acids is 1. The lowest BCUT2D eigenvalue weighted by Gasteiger charge is -2.34. The van der Waals surface area contributed by atoms with E-state index in [1.807, 2.05) is 0 Å². The molecule has 12 heavy (non-hydrogen) atoms. The van der Waals surface area contributed by atoms with Crippen LogP contribution in [0.3, 0.4) is 0 Å². The maximum absolute atomic E-state index is 11.4. The van der Waals surface area contributed by atoms with Crippen LogP contribution in [0, 0.1) is 5.92 Å². The normalized spacial score (nSPS) is 24.2. The van der Waals surface area contributed by atoms with Gasteiger partial charge in [0.25, 0.3) is 0 Å². The highest BCUT2D eigenvalue weighted by Gasteiger charge is 2.31. The molecule has 0 spiro atoms. The smallest absolute Gasteiger partial charge is 0.149 e. The highest BCUT2D eigenvalue weighted by atomic mass is 16.1. The molecule has 0 unspecified atom stereocenters. The van der Waals surface area contributed by atoms with Gasteiger partial charge in [0.15, 0.2) is 0 Å². The molecule has 0 aromatic carbocycles. The third-order valence-corrected chi connectivity index (χ3v) is 3.14. The highest BCUT2D eigenvalue weighted by molar-refractivity contribution is 5.84. The van der Waals surface area contributed by atoms with Gasteiger partial charge in [0, 0.05) is 12.0 Å². The molecular weight excluding hydrogens is 150 g/mol. The first-order chi connectivity index (χ1) is 5.77. The molecule has 0 aliphatic heterocycles. The van der Waals surface area contributed by atoms with E-state index in [1.54, 1.807) is 0 Å². The summed E-state index contributed by atoms with van der Waals surface area (Å²) < 4.78 is 0. The van der Waals surface area contributed by atoms with Crippen LogP contribution in [0.4, 0.5) is 0 Å². The molecule has 68 valence electrons. The minimum atomic E-state index is 0.438. The predicted molar refractivity (Wildman–Crippen MR) is 48.0 cm³/mol. The number of hydrogen-bond acceptors (Lipinski definition) is 2. The number of hydrogen-bond donors (Lipinski definition) is 0. The zero-order valence-electron chi connectivity index (χ0n) is 7.75. The molecule has 0 heterocycles. The highest BCUT2D eigenvalue weighted by Crippen LogP contribution is 2.31. The van der Waals surface area contributed by atoms with Gasteiger partial charge in [-0.2, -0.15) is 0 Å². The summed E-state index contributed by atoms with van der Waals surface area (Å²) in [6, 6.07) is 0.715. The Morgan fingerprint density at radius 2 is 2.00 bits per heavy atom. The minimum Gasteiger partial charge on any atom is -0.298 e. The fourth-order valence-corrected chi connectivity index (χ4v) is 1.74. The number of likely N-dealkylation sites (N-methyl/N-ethyl adjacent to an activating group) is 1. The fraction of sp³-hybridized carbons (Fsp3) is 0.900. The summed E-state index contributed by atoms with van der Waals surface area (Å²) in [4.78, 5) is 13.7. The van der Waals surface area contributed by atoms with Crippen molar-refractivity contribution >= 4 is 5.78 Å². The molecule has 2 rings (SSSR count). The first kappa shape index (κ1) is 8.24. The third-order valence-electron chi connectivity index (χ3n) is 3.14. The molecule has 0 aromatic heterocycles. The number of nitrogens with zero attached hydrogens (tertiary/aromatic N) is 1. The van der Waals surface area contributed by atoms with Crippen molar-refractivity contribution in [3.8, 4) is 0 Å². The largest absolute Gasteiger partial charge is 0.298 e. The van der Waals surface area contributed by atoms with Crippen molar-refractivity contribution in [3.05, 3.63) is 0 Å². The summed E-state index contributed by atoms with van der Waals surface area (Å²) in [5, 5.41) is 0. The Balaban J connectivity index is 1.73. The summed E-state index contributed by atoms with van der Waals surface area (Å²) in [6.07, 6.45) is 6.25. The van der Waals surface area contributed by atoms with Gasteiger partial charge in [-0.1, -0.05) is 6.42 Å². The molecule has 0 N–H and O–H groups in total. The maximum Gasteiger partial charge on any atom is 0.149 e. The van der Waals surface area contributed by atoms with Crippen LogP contribution in [0.15, 0.2) is 0 Å². The van der Waals surface area contributed by atoms with Crippen molar-refractivity contribution < 1.29 is 4.79 Å². The third kappa shape index (κ3) is 1.69. The Morgan fingerprint density at radius 1 is 1.33 bits per heavy atom. The van der Waals surface area contributed by atoms with E-state index >= 15 is 0 Å². The zero-order valence-corrected chi connectivity index (χ0v) is 7.75. The van der Waals surface area contributed by atoms with Crippen molar-refractivity contribution in [1.29, 1.82) is 0 Å². The minimum absolute atomic E-state index is 0.438. The molecule has 2 aliphatic rings. The van der Waals surface area contributed by atoms with Crippen molar-refractivity contribution in [2.45, 2.75) is 38.1 Å². The van der Waals surface area contributed by atoms with Crippen LogP contribution in [-0.2, 0) is 4.79 Å². The summed E-state index contributed by atoms with van der Waals surface area (Å²) in [6.45, 7) is 0.704. The lowest BCUT2D eigenvalue weighted by molar-refractivity contribution is -0.121.